The fourth-order valence-corrected chi connectivity index (χ4v) is 2.08. The first kappa shape index (κ1) is 14.3. The molecule has 0 unspecified atom stereocenters. The molecule has 0 amide bonds. The summed E-state index contributed by atoms with van der Waals surface area (Å²) in [6.07, 6.45) is 5.31. The predicted molar refractivity (Wildman–Crippen MR) is 87.6 cm³/mol. The molecule has 1 heterocycles. The quantitative estimate of drug-likeness (QED) is 0.628. The average molecular weight is 310 g/mol. The van der Waals surface area contributed by atoms with Gasteiger partial charge >= 0.3 is 5.97 Å². The molecular weight excluding hydrogens is 298 g/mol. The number of nitrogens with zero attached hydrogens (tertiary/aromatic N) is 1. The molecule has 0 saturated heterocycles. The Morgan fingerprint density at radius 3 is 2.45 bits per heavy atom. The van der Waals surface area contributed by atoms with E-state index in [4.69, 9.17) is 16.3 Å². The molecule has 0 aromatic heterocycles. The second kappa shape index (κ2) is 6.41. The number of cyclic esters (lactones) is 1. The number of carbonyl (C=O) groups excluding carboxylic acids is 1. The number of ether oxygens (including phenoxy) is 1. The number of hydrogen-bond donors (Lipinski definition) is 0. The Morgan fingerprint density at radius 1 is 1.00 bits per heavy atom. The van der Waals surface area contributed by atoms with E-state index in [1.807, 2.05) is 36.4 Å². The van der Waals surface area contributed by atoms with Gasteiger partial charge in [0.05, 0.1) is 0 Å². The largest absolute Gasteiger partial charge is 0.402 e. The van der Waals surface area contributed by atoms with Crippen LogP contribution in [0.25, 0.3) is 6.08 Å². The van der Waals surface area contributed by atoms with Crippen molar-refractivity contribution in [1.29, 1.82) is 0 Å². The molecule has 1 aliphatic heterocycles. The molecule has 0 atom stereocenters. The third-order valence-corrected chi connectivity index (χ3v) is 3.31. The SMILES string of the molecule is O=C1OC(c2ccc(Cl)cc2)=NC1=CC=Cc1ccccc1. The molecule has 22 heavy (non-hydrogen) atoms. The summed E-state index contributed by atoms with van der Waals surface area (Å²) < 4.78 is 5.17. The predicted octanol–water partition coefficient (Wildman–Crippen LogP) is 4.24. The van der Waals surface area contributed by atoms with Crippen LogP contribution < -0.4 is 0 Å². The minimum atomic E-state index is -0.456. The van der Waals surface area contributed by atoms with Gasteiger partial charge in [-0.3, -0.25) is 0 Å². The van der Waals surface area contributed by atoms with Crippen molar-refractivity contribution in [2.75, 3.05) is 0 Å². The third-order valence-electron chi connectivity index (χ3n) is 3.05. The zero-order valence-electron chi connectivity index (χ0n) is 11.6. The lowest BCUT2D eigenvalue weighted by molar-refractivity contribution is -0.130. The van der Waals surface area contributed by atoms with E-state index in [0.717, 1.165) is 5.56 Å². The summed E-state index contributed by atoms with van der Waals surface area (Å²) in [7, 11) is 0. The zero-order chi connectivity index (χ0) is 15.4. The van der Waals surface area contributed by atoms with Crippen LogP contribution in [0.5, 0.6) is 0 Å². The van der Waals surface area contributed by atoms with Crippen molar-refractivity contribution in [3.05, 3.63) is 88.6 Å². The maximum Gasteiger partial charge on any atom is 0.363 e. The smallest absolute Gasteiger partial charge is 0.363 e. The van der Waals surface area contributed by atoms with Gasteiger partial charge in [0.2, 0.25) is 5.90 Å². The van der Waals surface area contributed by atoms with E-state index >= 15 is 0 Å². The van der Waals surface area contributed by atoms with Gasteiger partial charge in [-0.2, -0.15) is 0 Å². The summed E-state index contributed by atoms with van der Waals surface area (Å²) in [4.78, 5) is 16.0. The maximum absolute atomic E-state index is 11.8. The van der Waals surface area contributed by atoms with Crippen LogP contribution in [0.1, 0.15) is 11.1 Å². The number of rotatable bonds is 3. The van der Waals surface area contributed by atoms with Gasteiger partial charge in [0.1, 0.15) is 0 Å². The Morgan fingerprint density at radius 2 is 1.73 bits per heavy atom. The minimum Gasteiger partial charge on any atom is -0.402 e. The van der Waals surface area contributed by atoms with Gasteiger partial charge in [-0.15, -0.1) is 0 Å². The van der Waals surface area contributed by atoms with Crippen molar-refractivity contribution in [2.24, 2.45) is 4.99 Å². The second-order valence-corrected chi connectivity index (χ2v) is 5.07. The highest BCUT2D eigenvalue weighted by Gasteiger charge is 2.23. The van der Waals surface area contributed by atoms with Crippen LogP contribution in [-0.2, 0) is 9.53 Å². The lowest BCUT2D eigenvalue weighted by Crippen LogP contribution is -2.04. The molecule has 0 N–H and O–H groups in total. The zero-order valence-corrected chi connectivity index (χ0v) is 12.3. The van der Waals surface area contributed by atoms with E-state index in [9.17, 15) is 4.79 Å². The molecule has 0 fully saturated rings. The van der Waals surface area contributed by atoms with Crippen LogP contribution in [-0.4, -0.2) is 11.9 Å². The number of esters is 1. The van der Waals surface area contributed by atoms with Gasteiger partial charge in [-0.1, -0.05) is 54.1 Å². The van der Waals surface area contributed by atoms with Gasteiger partial charge in [0.15, 0.2) is 5.70 Å². The molecule has 0 radical (unpaired) electrons. The molecule has 0 bridgehead atoms. The summed E-state index contributed by atoms with van der Waals surface area (Å²) in [5, 5.41) is 0.621. The molecule has 0 aliphatic carbocycles. The van der Waals surface area contributed by atoms with Crippen LogP contribution in [0.15, 0.2) is 77.4 Å². The first-order chi connectivity index (χ1) is 10.7. The first-order valence-corrected chi connectivity index (χ1v) is 7.10. The number of aliphatic imine (C=N–C) groups is 1. The van der Waals surface area contributed by atoms with Crippen molar-refractivity contribution in [2.45, 2.75) is 0 Å². The monoisotopic (exact) mass is 309 g/mol. The van der Waals surface area contributed by atoms with E-state index in [1.165, 1.54) is 0 Å². The molecule has 1 aliphatic rings. The van der Waals surface area contributed by atoms with Crippen molar-refractivity contribution < 1.29 is 9.53 Å². The highest BCUT2D eigenvalue weighted by atomic mass is 35.5. The number of carbonyl (C=O) groups is 1. The van der Waals surface area contributed by atoms with Crippen molar-refractivity contribution >= 4 is 29.5 Å². The minimum absolute atomic E-state index is 0.275. The average Bonchev–Trinajstić information content (AvgIpc) is 2.90. The summed E-state index contributed by atoms with van der Waals surface area (Å²) >= 11 is 5.83. The van der Waals surface area contributed by atoms with Gasteiger partial charge in [-0.25, -0.2) is 9.79 Å². The lowest BCUT2D eigenvalue weighted by Gasteiger charge is -1.98. The summed E-state index contributed by atoms with van der Waals surface area (Å²) in [6, 6.07) is 16.8. The van der Waals surface area contributed by atoms with Crippen LogP contribution in [0.3, 0.4) is 0 Å². The molecule has 3 nitrogen and oxygen atoms in total. The van der Waals surface area contributed by atoms with Crippen molar-refractivity contribution in [1.82, 2.24) is 0 Å². The Bertz CT molecular complexity index is 774. The molecule has 0 spiro atoms. The molecule has 108 valence electrons. The molecular formula is C18H12ClNO2. The van der Waals surface area contributed by atoms with E-state index in [2.05, 4.69) is 4.99 Å². The van der Waals surface area contributed by atoms with Crippen LogP contribution in [0.4, 0.5) is 0 Å². The normalized spacial score (nSPS) is 16.1. The summed E-state index contributed by atoms with van der Waals surface area (Å²) in [5.41, 5.74) is 2.04. The Labute approximate surface area is 133 Å². The highest BCUT2D eigenvalue weighted by Crippen LogP contribution is 2.18. The first-order valence-electron chi connectivity index (χ1n) is 6.72. The Kier molecular flexibility index (Phi) is 4.17. The molecule has 2 aromatic carbocycles. The Hall–Kier alpha value is -2.65. The fraction of sp³-hybridized carbons (Fsp3) is 0. The molecule has 4 heteroatoms. The fourth-order valence-electron chi connectivity index (χ4n) is 1.95. The standard InChI is InChI=1S/C18H12ClNO2/c19-15-11-9-14(10-12-15)17-20-16(18(21)22-17)8-4-7-13-5-2-1-3-6-13/h1-12H. The van der Waals surface area contributed by atoms with Crippen molar-refractivity contribution in [3.8, 4) is 0 Å². The van der Waals surface area contributed by atoms with Gasteiger partial charge in [-0.05, 0) is 35.9 Å². The maximum atomic E-state index is 11.8. The summed E-state index contributed by atoms with van der Waals surface area (Å²) in [5.74, 6) is -0.163. The molecule has 0 saturated carbocycles. The second-order valence-electron chi connectivity index (χ2n) is 4.64. The van der Waals surface area contributed by atoms with Crippen LogP contribution >= 0.6 is 11.6 Å². The lowest BCUT2D eigenvalue weighted by atomic mass is 10.2. The number of allylic oxidation sites excluding steroid dienone is 2. The number of halogens is 1. The van der Waals surface area contributed by atoms with Gasteiger partial charge in [0.25, 0.3) is 0 Å². The van der Waals surface area contributed by atoms with E-state index in [-0.39, 0.29) is 5.70 Å². The number of hydrogen-bond acceptors (Lipinski definition) is 3. The van der Waals surface area contributed by atoms with Crippen molar-refractivity contribution in [3.63, 3.8) is 0 Å². The topological polar surface area (TPSA) is 38.7 Å². The number of benzene rings is 2. The van der Waals surface area contributed by atoms with Gasteiger partial charge < -0.3 is 4.74 Å². The van der Waals surface area contributed by atoms with Crippen LogP contribution in [0.2, 0.25) is 5.02 Å². The van der Waals surface area contributed by atoms with Gasteiger partial charge in [0, 0.05) is 10.6 Å². The highest BCUT2D eigenvalue weighted by molar-refractivity contribution is 6.30. The third kappa shape index (κ3) is 3.32. The summed E-state index contributed by atoms with van der Waals surface area (Å²) in [6.45, 7) is 0. The Balaban J connectivity index is 1.79. The molecule has 3 rings (SSSR count). The van der Waals surface area contributed by atoms with E-state index in [1.54, 1.807) is 36.4 Å². The van der Waals surface area contributed by atoms with E-state index < -0.39 is 5.97 Å². The van der Waals surface area contributed by atoms with E-state index in [0.29, 0.717) is 16.5 Å². The molecule has 2 aromatic rings. The van der Waals surface area contributed by atoms with Crippen LogP contribution in [0, 0.1) is 0 Å².